The summed E-state index contributed by atoms with van der Waals surface area (Å²) in [4.78, 5) is 11.4. The summed E-state index contributed by atoms with van der Waals surface area (Å²) < 4.78 is 0. The molecule has 0 aromatic heterocycles. The normalized spacial score (nSPS) is 16.3. The first kappa shape index (κ1) is 14.9. The molecule has 0 aliphatic rings. The number of terminal acetylenes is 1. The van der Waals surface area contributed by atoms with E-state index in [1.54, 1.807) is 6.92 Å². The molecule has 0 fully saturated rings. The van der Waals surface area contributed by atoms with E-state index in [2.05, 4.69) is 11.2 Å². The van der Waals surface area contributed by atoms with E-state index in [4.69, 9.17) is 12.2 Å². The second-order valence-corrected chi connectivity index (χ2v) is 4.83. The van der Waals surface area contributed by atoms with Gasteiger partial charge in [0.05, 0.1) is 11.6 Å². The fraction of sp³-hybridized carbons (Fsp3) is 0.750. The van der Waals surface area contributed by atoms with Gasteiger partial charge in [0.2, 0.25) is 5.91 Å². The first-order valence-corrected chi connectivity index (χ1v) is 5.47. The summed E-state index contributed by atoms with van der Waals surface area (Å²) >= 11 is 0. The van der Waals surface area contributed by atoms with Gasteiger partial charge in [0.15, 0.2) is 0 Å². The molecule has 0 heterocycles. The maximum absolute atomic E-state index is 11.4. The minimum absolute atomic E-state index is 0.197. The smallest absolute Gasteiger partial charge is 0.238 e. The SMILES string of the molecule is C#CCC(N)C(=O)NCC(C)(O)CC(C)C. The van der Waals surface area contributed by atoms with Crippen molar-refractivity contribution >= 4 is 5.91 Å². The summed E-state index contributed by atoms with van der Waals surface area (Å²) in [6.45, 7) is 5.92. The lowest BCUT2D eigenvalue weighted by molar-refractivity contribution is -0.123. The van der Waals surface area contributed by atoms with Gasteiger partial charge >= 0.3 is 0 Å². The third-order valence-corrected chi connectivity index (χ3v) is 2.17. The molecule has 4 nitrogen and oxygen atoms in total. The molecule has 2 unspecified atom stereocenters. The van der Waals surface area contributed by atoms with Crippen molar-refractivity contribution in [2.75, 3.05) is 6.54 Å². The molecule has 0 aliphatic carbocycles. The Morgan fingerprint density at radius 2 is 2.19 bits per heavy atom. The topological polar surface area (TPSA) is 75.4 Å². The van der Waals surface area contributed by atoms with Gasteiger partial charge in [0.1, 0.15) is 0 Å². The van der Waals surface area contributed by atoms with Crippen LogP contribution in [0.2, 0.25) is 0 Å². The van der Waals surface area contributed by atoms with Crippen molar-refractivity contribution < 1.29 is 9.90 Å². The molecular weight excluding hydrogens is 204 g/mol. The van der Waals surface area contributed by atoms with E-state index < -0.39 is 11.6 Å². The van der Waals surface area contributed by atoms with E-state index in [-0.39, 0.29) is 18.9 Å². The summed E-state index contributed by atoms with van der Waals surface area (Å²) in [5.41, 5.74) is 4.62. The van der Waals surface area contributed by atoms with E-state index in [1.807, 2.05) is 13.8 Å². The van der Waals surface area contributed by atoms with E-state index in [0.29, 0.717) is 12.3 Å². The zero-order valence-electron chi connectivity index (χ0n) is 10.3. The van der Waals surface area contributed by atoms with Crippen LogP contribution in [0.3, 0.4) is 0 Å². The molecule has 1 amide bonds. The van der Waals surface area contributed by atoms with Crippen LogP contribution in [-0.4, -0.2) is 29.2 Å². The Hall–Kier alpha value is -1.05. The molecule has 0 radical (unpaired) electrons. The van der Waals surface area contributed by atoms with Gasteiger partial charge in [-0.2, -0.15) is 0 Å². The second-order valence-electron chi connectivity index (χ2n) is 4.83. The van der Waals surface area contributed by atoms with Crippen molar-refractivity contribution in [1.29, 1.82) is 0 Å². The molecule has 4 N–H and O–H groups in total. The van der Waals surface area contributed by atoms with E-state index in [9.17, 15) is 9.90 Å². The van der Waals surface area contributed by atoms with Crippen LogP contribution in [0.4, 0.5) is 0 Å². The average Bonchev–Trinajstić information content (AvgIpc) is 2.12. The second kappa shape index (κ2) is 6.51. The fourth-order valence-corrected chi connectivity index (χ4v) is 1.58. The number of amides is 1. The van der Waals surface area contributed by atoms with Gasteiger partial charge in [0, 0.05) is 13.0 Å². The number of carbonyl (C=O) groups is 1. The molecule has 0 aliphatic heterocycles. The number of aliphatic hydroxyl groups is 1. The summed E-state index contributed by atoms with van der Waals surface area (Å²) in [6, 6.07) is -0.695. The van der Waals surface area contributed by atoms with E-state index >= 15 is 0 Å². The zero-order valence-corrected chi connectivity index (χ0v) is 10.3. The van der Waals surface area contributed by atoms with Crippen molar-refractivity contribution in [3.63, 3.8) is 0 Å². The Morgan fingerprint density at radius 3 is 2.62 bits per heavy atom. The lowest BCUT2D eigenvalue weighted by Gasteiger charge is -2.26. The molecule has 0 aromatic rings. The number of rotatable bonds is 6. The van der Waals surface area contributed by atoms with Crippen molar-refractivity contribution in [3.05, 3.63) is 0 Å². The molecule has 2 atom stereocenters. The molecule has 16 heavy (non-hydrogen) atoms. The molecule has 0 bridgehead atoms. The molecular formula is C12H22N2O2. The van der Waals surface area contributed by atoms with Gasteiger partial charge in [-0.3, -0.25) is 4.79 Å². The van der Waals surface area contributed by atoms with Gasteiger partial charge < -0.3 is 16.2 Å². The lowest BCUT2D eigenvalue weighted by atomic mass is 9.94. The van der Waals surface area contributed by atoms with Crippen LogP contribution in [0.1, 0.15) is 33.6 Å². The van der Waals surface area contributed by atoms with E-state index in [1.165, 1.54) is 0 Å². The van der Waals surface area contributed by atoms with Gasteiger partial charge in [-0.1, -0.05) is 13.8 Å². The van der Waals surface area contributed by atoms with Crippen molar-refractivity contribution in [2.24, 2.45) is 11.7 Å². The Morgan fingerprint density at radius 1 is 1.62 bits per heavy atom. The minimum atomic E-state index is -0.903. The van der Waals surface area contributed by atoms with Crippen LogP contribution in [0.5, 0.6) is 0 Å². The summed E-state index contributed by atoms with van der Waals surface area (Å²) in [5.74, 6) is 2.38. The van der Waals surface area contributed by atoms with Gasteiger partial charge in [-0.05, 0) is 19.3 Å². The van der Waals surface area contributed by atoms with Crippen LogP contribution < -0.4 is 11.1 Å². The molecule has 0 aromatic carbocycles. The highest BCUT2D eigenvalue weighted by molar-refractivity contribution is 5.81. The Bertz CT molecular complexity index is 267. The van der Waals surface area contributed by atoms with Gasteiger partial charge in [-0.15, -0.1) is 12.3 Å². The third-order valence-electron chi connectivity index (χ3n) is 2.17. The van der Waals surface area contributed by atoms with Crippen LogP contribution in [0.15, 0.2) is 0 Å². The number of carbonyl (C=O) groups excluding carboxylic acids is 1. The largest absolute Gasteiger partial charge is 0.388 e. The molecule has 4 heteroatoms. The number of hydrogen-bond acceptors (Lipinski definition) is 3. The minimum Gasteiger partial charge on any atom is -0.388 e. The van der Waals surface area contributed by atoms with Crippen molar-refractivity contribution in [2.45, 2.75) is 45.3 Å². The van der Waals surface area contributed by atoms with Crippen molar-refractivity contribution in [3.8, 4) is 12.3 Å². The summed E-state index contributed by atoms with van der Waals surface area (Å²) in [7, 11) is 0. The molecule has 0 spiro atoms. The number of nitrogens with one attached hydrogen (secondary N) is 1. The highest BCUT2D eigenvalue weighted by Crippen LogP contribution is 2.14. The van der Waals surface area contributed by atoms with E-state index in [0.717, 1.165) is 0 Å². The van der Waals surface area contributed by atoms with Crippen LogP contribution in [0.25, 0.3) is 0 Å². The van der Waals surface area contributed by atoms with Gasteiger partial charge in [-0.25, -0.2) is 0 Å². The maximum Gasteiger partial charge on any atom is 0.238 e. The summed E-state index contributed by atoms with van der Waals surface area (Å²) in [6.07, 6.45) is 5.88. The highest BCUT2D eigenvalue weighted by atomic mass is 16.3. The molecule has 0 rings (SSSR count). The lowest BCUT2D eigenvalue weighted by Crippen LogP contribution is -2.47. The van der Waals surface area contributed by atoms with Gasteiger partial charge in [0.25, 0.3) is 0 Å². The summed E-state index contributed by atoms with van der Waals surface area (Å²) in [5, 5.41) is 12.6. The van der Waals surface area contributed by atoms with Crippen LogP contribution in [-0.2, 0) is 4.79 Å². The average molecular weight is 226 g/mol. The quantitative estimate of drug-likeness (QED) is 0.568. The number of nitrogens with two attached hydrogens (primary N) is 1. The maximum atomic E-state index is 11.4. The standard InChI is InChI=1S/C12H22N2O2/c1-5-6-10(13)11(15)14-8-12(4,16)7-9(2)3/h1,9-10,16H,6-8,13H2,2-4H3,(H,14,15). The number of hydrogen-bond donors (Lipinski definition) is 3. The Labute approximate surface area is 97.6 Å². The third kappa shape index (κ3) is 6.44. The Balaban J connectivity index is 4.04. The molecule has 92 valence electrons. The molecule has 0 saturated heterocycles. The van der Waals surface area contributed by atoms with Crippen molar-refractivity contribution in [1.82, 2.24) is 5.32 Å². The molecule has 0 saturated carbocycles. The first-order chi connectivity index (χ1) is 7.28. The Kier molecular flexibility index (Phi) is 6.09. The highest BCUT2D eigenvalue weighted by Gasteiger charge is 2.23. The predicted molar refractivity (Wildman–Crippen MR) is 64.5 cm³/mol. The fourth-order valence-electron chi connectivity index (χ4n) is 1.58. The first-order valence-electron chi connectivity index (χ1n) is 5.47. The van der Waals surface area contributed by atoms with Crippen LogP contribution in [0, 0.1) is 18.3 Å². The monoisotopic (exact) mass is 226 g/mol. The zero-order chi connectivity index (χ0) is 12.8. The predicted octanol–water partition coefficient (Wildman–Crippen LogP) is 0.250. The van der Waals surface area contributed by atoms with Crippen LogP contribution >= 0.6 is 0 Å².